The molecular weight excluding hydrogens is 217 g/mol. The Labute approximate surface area is 102 Å². The molecule has 1 aromatic rings. The van der Waals surface area contributed by atoms with E-state index in [1.165, 1.54) is 31.4 Å². The SMILES string of the molecule is CN1CCCCC1CNc1cc(N)cc(F)c1. The van der Waals surface area contributed by atoms with Gasteiger partial charge in [0.05, 0.1) is 0 Å². The third kappa shape index (κ3) is 3.33. The first-order valence-electron chi connectivity index (χ1n) is 6.15. The molecule has 0 spiro atoms. The molecule has 1 unspecified atom stereocenters. The zero-order valence-corrected chi connectivity index (χ0v) is 10.2. The minimum absolute atomic E-state index is 0.288. The molecule has 94 valence electrons. The minimum atomic E-state index is -0.288. The van der Waals surface area contributed by atoms with Gasteiger partial charge in [0.2, 0.25) is 0 Å². The average molecular weight is 237 g/mol. The molecule has 4 heteroatoms. The Morgan fingerprint density at radius 1 is 1.41 bits per heavy atom. The van der Waals surface area contributed by atoms with Crippen LogP contribution in [0.25, 0.3) is 0 Å². The number of hydrogen-bond acceptors (Lipinski definition) is 3. The predicted molar refractivity (Wildman–Crippen MR) is 69.6 cm³/mol. The van der Waals surface area contributed by atoms with E-state index in [-0.39, 0.29) is 5.82 Å². The third-order valence-corrected chi connectivity index (χ3v) is 3.38. The van der Waals surface area contributed by atoms with Crippen molar-refractivity contribution in [3.63, 3.8) is 0 Å². The Hall–Kier alpha value is -1.29. The van der Waals surface area contributed by atoms with Crippen LogP contribution < -0.4 is 11.1 Å². The Morgan fingerprint density at radius 3 is 2.94 bits per heavy atom. The van der Waals surface area contributed by atoms with Gasteiger partial charge in [0.15, 0.2) is 0 Å². The van der Waals surface area contributed by atoms with Crippen LogP contribution in [0.15, 0.2) is 18.2 Å². The van der Waals surface area contributed by atoms with Crippen molar-refractivity contribution in [2.75, 3.05) is 31.2 Å². The van der Waals surface area contributed by atoms with Crippen LogP contribution >= 0.6 is 0 Å². The molecule has 1 aliphatic heterocycles. The van der Waals surface area contributed by atoms with Crippen molar-refractivity contribution < 1.29 is 4.39 Å². The van der Waals surface area contributed by atoms with Crippen LogP contribution in [-0.4, -0.2) is 31.1 Å². The zero-order valence-electron chi connectivity index (χ0n) is 10.2. The first kappa shape index (κ1) is 12.2. The van der Waals surface area contributed by atoms with E-state index in [1.807, 2.05) is 0 Å². The summed E-state index contributed by atoms with van der Waals surface area (Å²) in [6.45, 7) is 2.00. The van der Waals surface area contributed by atoms with Gasteiger partial charge in [-0.15, -0.1) is 0 Å². The summed E-state index contributed by atoms with van der Waals surface area (Å²) in [5.74, 6) is -0.288. The van der Waals surface area contributed by atoms with E-state index in [2.05, 4.69) is 17.3 Å². The molecule has 0 bridgehead atoms. The van der Waals surface area contributed by atoms with Crippen molar-refractivity contribution in [3.05, 3.63) is 24.0 Å². The van der Waals surface area contributed by atoms with E-state index < -0.39 is 0 Å². The molecule has 1 aromatic carbocycles. The Bertz CT molecular complexity index is 361. The number of nitrogens with one attached hydrogen (secondary N) is 1. The van der Waals surface area contributed by atoms with E-state index in [1.54, 1.807) is 6.07 Å². The summed E-state index contributed by atoms with van der Waals surface area (Å²) in [5, 5.41) is 3.26. The number of piperidine rings is 1. The van der Waals surface area contributed by atoms with Crippen LogP contribution in [0.4, 0.5) is 15.8 Å². The maximum Gasteiger partial charge on any atom is 0.127 e. The fourth-order valence-corrected chi connectivity index (χ4v) is 2.35. The highest BCUT2D eigenvalue weighted by molar-refractivity contribution is 5.54. The van der Waals surface area contributed by atoms with Crippen molar-refractivity contribution in [2.45, 2.75) is 25.3 Å². The molecule has 0 aliphatic carbocycles. The molecule has 0 aromatic heterocycles. The molecule has 0 amide bonds. The monoisotopic (exact) mass is 237 g/mol. The largest absolute Gasteiger partial charge is 0.399 e. The fourth-order valence-electron chi connectivity index (χ4n) is 2.35. The summed E-state index contributed by atoms with van der Waals surface area (Å²) in [6.07, 6.45) is 3.76. The smallest absolute Gasteiger partial charge is 0.127 e. The first-order chi connectivity index (χ1) is 8.15. The summed E-state index contributed by atoms with van der Waals surface area (Å²) in [5.41, 5.74) is 6.83. The second-order valence-corrected chi connectivity index (χ2v) is 4.78. The number of rotatable bonds is 3. The van der Waals surface area contributed by atoms with Crippen LogP contribution in [0.2, 0.25) is 0 Å². The number of benzene rings is 1. The molecule has 1 heterocycles. The number of halogens is 1. The van der Waals surface area contributed by atoms with Crippen LogP contribution in [0, 0.1) is 5.82 Å². The molecule has 1 aliphatic rings. The van der Waals surface area contributed by atoms with Crippen LogP contribution in [0.3, 0.4) is 0 Å². The lowest BCUT2D eigenvalue weighted by atomic mass is 10.0. The van der Waals surface area contributed by atoms with Crippen molar-refractivity contribution in [1.82, 2.24) is 4.90 Å². The Kier molecular flexibility index (Phi) is 3.84. The van der Waals surface area contributed by atoms with Gasteiger partial charge in [-0.3, -0.25) is 0 Å². The summed E-state index contributed by atoms with van der Waals surface area (Å²) < 4.78 is 13.1. The summed E-state index contributed by atoms with van der Waals surface area (Å²) >= 11 is 0. The molecule has 2 rings (SSSR count). The van der Waals surface area contributed by atoms with Crippen LogP contribution in [0.1, 0.15) is 19.3 Å². The van der Waals surface area contributed by atoms with E-state index >= 15 is 0 Å². The van der Waals surface area contributed by atoms with Gasteiger partial charge in [0.1, 0.15) is 5.82 Å². The first-order valence-corrected chi connectivity index (χ1v) is 6.15. The molecule has 0 radical (unpaired) electrons. The van der Waals surface area contributed by atoms with Crippen molar-refractivity contribution in [2.24, 2.45) is 0 Å². The number of anilines is 2. The van der Waals surface area contributed by atoms with Crippen molar-refractivity contribution >= 4 is 11.4 Å². The van der Waals surface area contributed by atoms with Gasteiger partial charge in [-0.2, -0.15) is 0 Å². The summed E-state index contributed by atoms with van der Waals surface area (Å²) in [7, 11) is 2.14. The highest BCUT2D eigenvalue weighted by Gasteiger charge is 2.18. The number of nitrogens with zero attached hydrogens (tertiary/aromatic N) is 1. The van der Waals surface area contributed by atoms with E-state index in [0.717, 1.165) is 18.8 Å². The lowest BCUT2D eigenvalue weighted by Crippen LogP contribution is -2.40. The minimum Gasteiger partial charge on any atom is -0.399 e. The number of nitrogens with two attached hydrogens (primary N) is 1. The number of likely N-dealkylation sites (tertiary alicyclic amines) is 1. The molecule has 3 nitrogen and oxygen atoms in total. The molecule has 1 saturated heterocycles. The molecule has 17 heavy (non-hydrogen) atoms. The fraction of sp³-hybridized carbons (Fsp3) is 0.538. The lowest BCUT2D eigenvalue weighted by Gasteiger charge is -2.32. The van der Waals surface area contributed by atoms with E-state index in [0.29, 0.717) is 11.7 Å². The van der Waals surface area contributed by atoms with E-state index in [9.17, 15) is 4.39 Å². The second kappa shape index (κ2) is 5.36. The second-order valence-electron chi connectivity index (χ2n) is 4.78. The molecule has 3 N–H and O–H groups in total. The van der Waals surface area contributed by atoms with Gasteiger partial charge in [-0.1, -0.05) is 6.42 Å². The number of hydrogen-bond donors (Lipinski definition) is 2. The van der Waals surface area contributed by atoms with Crippen molar-refractivity contribution in [3.8, 4) is 0 Å². The van der Waals surface area contributed by atoms with Gasteiger partial charge in [-0.25, -0.2) is 4.39 Å². The van der Waals surface area contributed by atoms with Gasteiger partial charge in [0, 0.05) is 24.0 Å². The molecule has 0 saturated carbocycles. The molecule has 1 atom stereocenters. The maximum absolute atomic E-state index is 13.1. The number of nitrogen functional groups attached to an aromatic ring is 1. The van der Waals surface area contributed by atoms with Gasteiger partial charge in [0.25, 0.3) is 0 Å². The quantitative estimate of drug-likeness (QED) is 0.793. The molecule has 1 fully saturated rings. The zero-order chi connectivity index (χ0) is 12.3. The highest BCUT2D eigenvalue weighted by atomic mass is 19.1. The number of likely N-dealkylation sites (N-methyl/N-ethyl adjacent to an activating group) is 1. The lowest BCUT2D eigenvalue weighted by molar-refractivity contribution is 0.194. The van der Waals surface area contributed by atoms with Gasteiger partial charge < -0.3 is 16.0 Å². The third-order valence-electron chi connectivity index (χ3n) is 3.38. The van der Waals surface area contributed by atoms with Crippen molar-refractivity contribution in [1.29, 1.82) is 0 Å². The predicted octanol–water partition coefficient (Wildman–Crippen LogP) is 2.30. The average Bonchev–Trinajstić information content (AvgIpc) is 2.27. The Morgan fingerprint density at radius 2 is 2.24 bits per heavy atom. The summed E-state index contributed by atoms with van der Waals surface area (Å²) in [4.78, 5) is 2.36. The Balaban J connectivity index is 1.92. The van der Waals surface area contributed by atoms with Crippen LogP contribution in [-0.2, 0) is 0 Å². The highest BCUT2D eigenvalue weighted by Crippen LogP contribution is 2.18. The van der Waals surface area contributed by atoms with Gasteiger partial charge in [-0.05, 0) is 44.6 Å². The van der Waals surface area contributed by atoms with E-state index in [4.69, 9.17) is 5.73 Å². The summed E-state index contributed by atoms with van der Waals surface area (Å²) in [6, 6.07) is 5.12. The van der Waals surface area contributed by atoms with Gasteiger partial charge >= 0.3 is 0 Å². The standard InChI is InChI=1S/C13H20FN3/c1-17-5-3-2-4-13(17)9-16-12-7-10(14)6-11(15)8-12/h6-8,13,16H,2-5,9,15H2,1H3. The molecular formula is C13H20FN3. The van der Waals surface area contributed by atoms with Crippen LogP contribution in [0.5, 0.6) is 0 Å². The normalized spacial score (nSPS) is 21.4. The topological polar surface area (TPSA) is 41.3 Å². The maximum atomic E-state index is 13.1.